The van der Waals surface area contributed by atoms with Crippen LogP contribution in [0, 0.1) is 11.3 Å². The van der Waals surface area contributed by atoms with Crippen LogP contribution in [0.25, 0.3) is 10.9 Å². The van der Waals surface area contributed by atoms with Gasteiger partial charge in [-0.3, -0.25) is 0 Å². The smallest absolute Gasteiger partial charge is 0.357 e. The summed E-state index contributed by atoms with van der Waals surface area (Å²) in [5, 5.41) is 3.67. The molecule has 3 aliphatic rings. The first-order chi connectivity index (χ1) is 19.5. The molecule has 12 heteroatoms. The molecule has 0 bridgehead atoms. The summed E-state index contributed by atoms with van der Waals surface area (Å²) < 4.78 is 65.9. The molecule has 2 aromatic rings. The monoisotopic (exact) mass is 596 g/mol. The van der Waals surface area contributed by atoms with Gasteiger partial charge in [0.1, 0.15) is 5.82 Å². The number of aromatic nitrogens is 2. The molecule has 5 rings (SSSR count). The summed E-state index contributed by atoms with van der Waals surface area (Å²) in [5.74, 6) is 1.95. The molecule has 1 saturated carbocycles. The van der Waals surface area contributed by atoms with Crippen molar-refractivity contribution in [2.45, 2.75) is 76.9 Å². The first-order valence-corrected chi connectivity index (χ1v) is 16.6. The summed E-state index contributed by atoms with van der Waals surface area (Å²) in [6.07, 6.45) is 3.17. The Morgan fingerprint density at radius 2 is 1.66 bits per heavy atom. The van der Waals surface area contributed by atoms with E-state index >= 15 is 0 Å². The van der Waals surface area contributed by atoms with E-state index in [1.807, 2.05) is 0 Å². The van der Waals surface area contributed by atoms with Gasteiger partial charge >= 0.3 is 6.18 Å². The van der Waals surface area contributed by atoms with Gasteiger partial charge in [-0.25, -0.2) is 18.1 Å². The molecule has 2 N–H and O–H groups in total. The number of fused-ring (bicyclic) bond motifs is 1. The van der Waals surface area contributed by atoms with E-state index in [1.54, 1.807) is 26.1 Å². The van der Waals surface area contributed by atoms with Crippen molar-refractivity contribution >= 4 is 32.7 Å². The lowest BCUT2D eigenvalue weighted by Gasteiger charge is -2.48. The molecule has 2 aliphatic heterocycles. The Balaban J connectivity index is 1.16. The maximum atomic E-state index is 13.1. The molecule has 1 aromatic carbocycles. The Hall–Kier alpha value is -2.18. The number of alkyl halides is 3. The van der Waals surface area contributed by atoms with Gasteiger partial charge in [0.2, 0.25) is 16.0 Å². The molecule has 0 unspecified atom stereocenters. The quantitative estimate of drug-likeness (QED) is 0.446. The summed E-state index contributed by atoms with van der Waals surface area (Å²) in [4.78, 5) is 14.0. The molecule has 1 aliphatic carbocycles. The highest BCUT2D eigenvalue weighted by molar-refractivity contribution is 7.89. The molecular weight excluding hydrogens is 553 g/mol. The van der Waals surface area contributed by atoms with Gasteiger partial charge < -0.3 is 15.1 Å². The third-order valence-corrected chi connectivity index (χ3v) is 11.0. The largest absolute Gasteiger partial charge is 0.393 e. The third kappa shape index (κ3) is 7.62. The van der Waals surface area contributed by atoms with E-state index in [0.717, 1.165) is 84.1 Å². The molecule has 0 atom stereocenters. The highest BCUT2D eigenvalue weighted by Gasteiger charge is 2.39. The van der Waals surface area contributed by atoms with Crippen LogP contribution in [0.15, 0.2) is 18.2 Å². The Morgan fingerprint density at radius 3 is 2.27 bits per heavy atom. The van der Waals surface area contributed by atoms with E-state index < -0.39 is 22.6 Å². The van der Waals surface area contributed by atoms with E-state index in [1.165, 1.54) is 6.07 Å². The van der Waals surface area contributed by atoms with Crippen molar-refractivity contribution in [1.82, 2.24) is 19.6 Å². The Morgan fingerprint density at radius 1 is 1.00 bits per heavy atom. The Bertz CT molecular complexity index is 1300. The van der Waals surface area contributed by atoms with Crippen molar-refractivity contribution in [3.8, 4) is 0 Å². The lowest BCUT2D eigenvalue weighted by atomic mass is 9.71. The van der Waals surface area contributed by atoms with Crippen molar-refractivity contribution < 1.29 is 21.6 Å². The number of likely N-dealkylation sites (tertiary alicyclic amines) is 1. The normalized spacial score (nSPS) is 24.2. The number of rotatable bonds is 8. The fourth-order valence-corrected chi connectivity index (χ4v) is 7.83. The predicted octanol–water partition coefficient (Wildman–Crippen LogP) is 4.96. The van der Waals surface area contributed by atoms with Crippen LogP contribution in [-0.4, -0.2) is 81.0 Å². The van der Waals surface area contributed by atoms with Crippen LogP contribution in [0.1, 0.15) is 63.9 Å². The molecule has 1 spiro atoms. The molecule has 228 valence electrons. The fraction of sp³-hybridized carbons (Fsp3) is 0.724. The lowest BCUT2D eigenvalue weighted by Crippen LogP contribution is -2.48. The van der Waals surface area contributed by atoms with Crippen molar-refractivity contribution in [2.75, 3.05) is 55.7 Å². The SMILES string of the molecule is CCS(=O)(=O)NC1CCC(CN2CCC3(CC2)CCN(c2nc(NC)nc4ccc(CC(F)(F)F)cc24)CC3)CC1. The number of anilines is 2. The van der Waals surface area contributed by atoms with Crippen LogP contribution in [0.2, 0.25) is 0 Å². The van der Waals surface area contributed by atoms with Crippen molar-refractivity contribution in [1.29, 1.82) is 0 Å². The first kappa shape index (κ1) is 30.3. The second-order valence-corrected chi connectivity index (χ2v) is 14.3. The van der Waals surface area contributed by atoms with Gasteiger partial charge in [0.25, 0.3) is 0 Å². The number of nitrogens with one attached hydrogen (secondary N) is 2. The van der Waals surface area contributed by atoms with Gasteiger partial charge in [0, 0.05) is 38.1 Å². The molecule has 8 nitrogen and oxygen atoms in total. The minimum absolute atomic E-state index is 0.0819. The van der Waals surface area contributed by atoms with Crippen LogP contribution < -0.4 is 14.9 Å². The fourth-order valence-electron chi connectivity index (χ4n) is 6.92. The number of hydrogen-bond acceptors (Lipinski definition) is 7. The molecular formula is C29H43F3N6O2S. The zero-order chi connectivity index (χ0) is 29.3. The number of sulfonamides is 1. The van der Waals surface area contributed by atoms with Crippen LogP contribution in [0.4, 0.5) is 24.9 Å². The Labute approximate surface area is 241 Å². The molecule has 41 heavy (non-hydrogen) atoms. The van der Waals surface area contributed by atoms with E-state index in [2.05, 4.69) is 24.8 Å². The van der Waals surface area contributed by atoms with E-state index in [4.69, 9.17) is 4.98 Å². The standard InChI is InChI=1S/C29H43F3N6O2S/c1-3-41(39,40)36-23-7-4-21(5-8-23)20-37-14-10-28(11-15-37)12-16-38(17-13-28)26-24-18-22(19-29(30,31)32)6-9-25(24)34-27(33-2)35-26/h6,9,18,21,23,36H,3-5,7-8,10-17,19-20H2,1-2H3,(H,33,34,35). The average Bonchev–Trinajstić information content (AvgIpc) is 2.94. The van der Waals surface area contributed by atoms with Gasteiger partial charge in [0.05, 0.1) is 17.7 Å². The second-order valence-electron chi connectivity index (χ2n) is 12.3. The average molecular weight is 597 g/mol. The Kier molecular flexibility index (Phi) is 9.01. The highest BCUT2D eigenvalue weighted by Crippen LogP contribution is 2.43. The molecule has 0 radical (unpaired) electrons. The maximum absolute atomic E-state index is 13.1. The van der Waals surface area contributed by atoms with E-state index in [-0.39, 0.29) is 17.4 Å². The van der Waals surface area contributed by atoms with Gasteiger partial charge in [-0.05, 0) is 100 Å². The van der Waals surface area contributed by atoms with E-state index in [9.17, 15) is 21.6 Å². The zero-order valence-electron chi connectivity index (χ0n) is 24.1. The summed E-state index contributed by atoms with van der Waals surface area (Å²) in [7, 11) is -1.39. The topological polar surface area (TPSA) is 90.5 Å². The number of benzene rings is 1. The number of piperidine rings is 2. The van der Waals surface area contributed by atoms with Crippen LogP contribution in [0.5, 0.6) is 0 Å². The third-order valence-electron chi connectivity index (χ3n) is 9.50. The van der Waals surface area contributed by atoms with Crippen LogP contribution in [-0.2, 0) is 16.4 Å². The molecule has 1 aromatic heterocycles. The second kappa shape index (κ2) is 12.2. The van der Waals surface area contributed by atoms with Crippen molar-refractivity contribution in [3.63, 3.8) is 0 Å². The molecule has 0 amide bonds. The van der Waals surface area contributed by atoms with Gasteiger partial charge in [-0.1, -0.05) is 6.07 Å². The minimum atomic E-state index is -4.26. The van der Waals surface area contributed by atoms with Gasteiger partial charge in [-0.15, -0.1) is 0 Å². The molecule has 3 fully saturated rings. The zero-order valence-corrected chi connectivity index (χ0v) is 25.0. The van der Waals surface area contributed by atoms with Gasteiger partial charge in [0.15, 0.2) is 0 Å². The number of nitrogens with zero attached hydrogens (tertiary/aromatic N) is 4. The number of halogens is 3. The summed E-state index contributed by atoms with van der Waals surface area (Å²) >= 11 is 0. The lowest BCUT2D eigenvalue weighted by molar-refractivity contribution is -0.127. The first-order valence-electron chi connectivity index (χ1n) is 15.0. The van der Waals surface area contributed by atoms with Crippen molar-refractivity contribution in [3.05, 3.63) is 23.8 Å². The molecule has 3 heterocycles. The minimum Gasteiger partial charge on any atom is -0.357 e. The van der Waals surface area contributed by atoms with Crippen LogP contribution >= 0.6 is 0 Å². The number of hydrogen-bond donors (Lipinski definition) is 2. The summed E-state index contributed by atoms with van der Waals surface area (Å²) in [6.45, 7) is 6.60. The predicted molar refractivity (Wildman–Crippen MR) is 157 cm³/mol. The van der Waals surface area contributed by atoms with E-state index in [0.29, 0.717) is 34.0 Å². The maximum Gasteiger partial charge on any atom is 0.393 e. The summed E-state index contributed by atoms with van der Waals surface area (Å²) in [5.41, 5.74) is 1.18. The van der Waals surface area contributed by atoms with Crippen molar-refractivity contribution in [2.24, 2.45) is 11.3 Å². The summed E-state index contributed by atoms with van der Waals surface area (Å²) in [6, 6.07) is 4.86. The highest BCUT2D eigenvalue weighted by atomic mass is 32.2. The van der Waals surface area contributed by atoms with Crippen LogP contribution in [0.3, 0.4) is 0 Å². The van der Waals surface area contributed by atoms with Gasteiger partial charge in [-0.2, -0.15) is 18.2 Å². The molecule has 2 saturated heterocycles.